The van der Waals surface area contributed by atoms with Gasteiger partial charge in [0.05, 0.1) is 10.6 Å². The van der Waals surface area contributed by atoms with Crippen molar-refractivity contribution in [3.8, 4) is 5.75 Å². The summed E-state index contributed by atoms with van der Waals surface area (Å²) in [6.45, 7) is 0. The first-order chi connectivity index (χ1) is 10.2. The Labute approximate surface area is 124 Å². The van der Waals surface area contributed by atoms with Gasteiger partial charge in [0.1, 0.15) is 6.33 Å². The number of nitrogens with zero attached hydrogens (tertiary/aromatic N) is 3. The van der Waals surface area contributed by atoms with Gasteiger partial charge in [-0.1, -0.05) is 11.6 Å². The minimum atomic E-state index is -4.82. The molecule has 0 atom stereocenters. The van der Waals surface area contributed by atoms with Crippen molar-refractivity contribution in [2.24, 2.45) is 0 Å². The van der Waals surface area contributed by atoms with E-state index in [9.17, 15) is 23.1 Å². The molecule has 0 amide bonds. The highest BCUT2D eigenvalue weighted by atomic mass is 35.5. The van der Waals surface area contributed by atoms with Crippen LogP contribution in [0.2, 0.25) is 5.02 Å². The van der Waals surface area contributed by atoms with E-state index < -0.39 is 39.6 Å². The van der Waals surface area contributed by atoms with Gasteiger partial charge in [0.15, 0.2) is 17.1 Å². The van der Waals surface area contributed by atoms with Gasteiger partial charge in [-0.25, -0.2) is 14.3 Å². The lowest BCUT2D eigenvalue weighted by Crippen LogP contribution is -2.11. The number of aromatic hydroxyl groups is 1. The third-order valence-corrected chi connectivity index (χ3v) is 3.42. The molecule has 0 saturated heterocycles. The highest BCUT2D eigenvalue weighted by molar-refractivity contribution is 6.33. The van der Waals surface area contributed by atoms with Gasteiger partial charge in [-0.05, 0) is 12.1 Å². The minimum absolute atomic E-state index is 0.324. The summed E-state index contributed by atoms with van der Waals surface area (Å²) in [6, 6.07) is 2.04. The van der Waals surface area contributed by atoms with Gasteiger partial charge in [-0.2, -0.15) is 18.3 Å². The molecule has 0 aliphatic rings. The number of benzene rings is 1. The lowest BCUT2D eigenvalue weighted by Gasteiger charge is -2.15. The Kier molecular flexibility index (Phi) is 2.92. The number of hydrogen-bond donors (Lipinski definition) is 2. The summed E-state index contributed by atoms with van der Waals surface area (Å²) in [5, 5.41) is 21.3. The van der Waals surface area contributed by atoms with Crippen LogP contribution in [0.25, 0.3) is 16.4 Å². The Balaban J connectivity index is 2.66. The molecule has 0 aliphatic heterocycles. The largest absolute Gasteiger partial charge is 0.505 e. The molecule has 0 unspecified atom stereocenters. The first-order valence-electron chi connectivity index (χ1n) is 5.71. The fraction of sp³-hybridized carbons (Fsp3) is 0.0833. The summed E-state index contributed by atoms with van der Waals surface area (Å²) in [5.74, 6) is -2.40. The van der Waals surface area contributed by atoms with Crippen LogP contribution in [-0.2, 0) is 6.18 Å². The lowest BCUT2D eigenvalue weighted by molar-refractivity contribution is -0.136. The van der Waals surface area contributed by atoms with Crippen LogP contribution in [0.1, 0.15) is 16.1 Å². The molecule has 0 aliphatic carbocycles. The van der Waals surface area contributed by atoms with Crippen molar-refractivity contribution in [3.05, 3.63) is 34.7 Å². The van der Waals surface area contributed by atoms with Crippen LogP contribution in [0.3, 0.4) is 0 Å². The summed E-state index contributed by atoms with van der Waals surface area (Å²) in [7, 11) is 0. The number of fused-ring (bicyclic) bond motifs is 3. The third-order valence-electron chi connectivity index (χ3n) is 3.10. The number of pyridine rings is 1. The van der Waals surface area contributed by atoms with Gasteiger partial charge in [-0.3, -0.25) is 0 Å². The van der Waals surface area contributed by atoms with E-state index in [1.165, 1.54) is 0 Å². The van der Waals surface area contributed by atoms with Gasteiger partial charge < -0.3 is 10.2 Å². The van der Waals surface area contributed by atoms with Crippen LogP contribution in [0.5, 0.6) is 5.75 Å². The second kappa shape index (κ2) is 4.47. The molecule has 0 fully saturated rings. The molecule has 3 aromatic rings. The molecule has 0 spiro atoms. The Morgan fingerprint density at radius 1 is 1.32 bits per heavy atom. The Hall–Kier alpha value is -2.55. The molecule has 2 aromatic heterocycles. The van der Waals surface area contributed by atoms with E-state index >= 15 is 0 Å². The van der Waals surface area contributed by atoms with Crippen LogP contribution >= 0.6 is 11.6 Å². The standard InChI is InChI=1S/C12H5ClF3N3O3/c13-5-2-1-4-6(7(5)12(14,15)16)10-17-3-18-19(10)8(9(4)20)11(21)22/h1-3,20H,(H,21,22). The normalized spacial score (nSPS) is 12.2. The zero-order valence-electron chi connectivity index (χ0n) is 10.4. The molecule has 2 heterocycles. The summed E-state index contributed by atoms with van der Waals surface area (Å²) in [6.07, 6.45) is -3.93. The molecule has 2 N–H and O–H groups in total. The van der Waals surface area contributed by atoms with E-state index in [0.717, 1.165) is 18.5 Å². The van der Waals surface area contributed by atoms with Gasteiger partial charge >= 0.3 is 12.1 Å². The minimum Gasteiger partial charge on any atom is -0.505 e. The number of carboxylic acid groups (broad SMARTS) is 1. The Bertz CT molecular complexity index is 936. The van der Waals surface area contributed by atoms with Crippen molar-refractivity contribution in [1.82, 2.24) is 14.6 Å². The fourth-order valence-corrected chi connectivity index (χ4v) is 2.54. The van der Waals surface area contributed by atoms with Crippen molar-refractivity contribution in [2.45, 2.75) is 6.18 Å². The second-order valence-corrected chi connectivity index (χ2v) is 4.75. The molecule has 10 heteroatoms. The fourth-order valence-electron chi connectivity index (χ4n) is 2.28. The van der Waals surface area contributed by atoms with Gasteiger partial charge in [0.2, 0.25) is 0 Å². The number of halogens is 4. The molecule has 22 heavy (non-hydrogen) atoms. The zero-order valence-corrected chi connectivity index (χ0v) is 11.1. The number of carboxylic acids is 1. The summed E-state index contributed by atoms with van der Waals surface area (Å²) in [4.78, 5) is 14.9. The Morgan fingerprint density at radius 2 is 2.00 bits per heavy atom. The highest BCUT2D eigenvalue weighted by Gasteiger charge is 2.37. The van der Waals surface area contributed by atoms with E-state index in [1.54, 1.807) is 0 Å². The molecular weight excluding hydrogens is 327 g/mol. The van der Waals surface area contributed by atoms with E-state index in [2.05, 4.69) is 10.1 Å². The van der Waals surface area contributed by atoms with E-state index in [1.807, 2.05) is 0 Å². The predicted octanol–water partition coefficient (Wildman–Crippen LogP) is 2.96. The van der Waals surface area contributed by atoms with E-state index in [0.29, 0.717) is 4.52 Å². The van der Waals surface area contributed by atoms with Gasteiger partial charge in [-0.15, -0.1) is 0 Å². The summed E-state index contributed by atoms with van der Waals surface area (Å²) < 4.78 is 40.4. The zero-order chi connectivity index (χ0) is 16.2. The van der Waals surface area contributed by atoms with Gasteiger partial charge in [0.25, 0.3) is 0 Å². The van der Waals surface area contributed by atoms with E-state index in [4.69, 9.17) is 16.7 Å². The third kappa shape index (κ3) is 1.86. The molecule has 0 bridgehead atoms. The average molecular weight is 332 g/mol. The molecule has 114 valence electrons. The molecule has 0 saturated carbocycles. The molecule has 6 nitrogen and oxygen atoms in total. The Morgan fingerprint density at radius 3 is 2.59 bits per heavy atom. The monoisotopic (exact) mass is 331 g/mol. The number of rotatable bonds is 1. The van der Waals surface area contributed by atoms with Crippen LogP contribution in [0.15, 0.2) is 18.5 Å². The number of hydrogen-bond acceptors (Lipinski definition) is 4. The maximum absolute atomic E-state index is 13.3. The molecule has 0 radical (unpaired) electrons. The van der Waals surface area contributed by atoms with Crippen LogP contribution in [0.4, 0.5) is 13.2 Å². The van der Waals surface area contributed by atoms with Crippen LogP contribution in [0, 0.1) is 0 Å². The predicted molar refractivity (Wildman–Crippen MR) is 69.1 cm³/mol. The van der Waals surface area contributed by atoms with Gasteiger partial charge in [0, 0.05) is 10.8 Å². The SMILES string of the molecule is O=C(O)c1c(O)c2ccc(Cl)c(C(F)(F)F)c2c2ncnn12. The quantitative estimate of drug-likeness (QED) is 0.715. The van der Waals surface area contributed by atoms with Crippen LogP contribution < -0.4 is 0 Å². The topological polar surface area (TPSA) is 87.7 Å². The summed E-state index contributed by atoms with van der Waals surface area (Å²) >= 11 is 5.63. The molecular formula is C12H5ClF3N3O3. The highest BCUT2D eigenvalue weighted by Crippen LogP contribution is 2.43. The molecule has 1 aromatic carbocycles. The number of aromatic nitrogens is 3. The van der Waals surface area contributed by atoms with Crippen LogP contribution in [-0.4, -0.2) is 30.8 Å². The van der Waals surface area contributed by atoms with Crippen molar-refractivity contribution in [2.75, 3.05) is 0 Å². The van der Waals surface area contributed by atoms with Crippen molar-refractivity contribution >= 4 is 34.0 Å². The average Bonchev–Trinajstić information content (AvgIpc) is 2.85. The maximum Gasteiger partial charge on any atom is 0.418 e. The lowest BCUT2D eigenvalue weighted by atomic mass is 10.0. The van der Waals surface area contributed by atoms with E-state index in [-0.39, 0.29) is 11.0 Å². The summed E-state index contributed by atoms with van der Waals surface area (Å²) in [5.41, 5.74) is -2.26. The smallest absolute Gasteiger partial charge is 0.418 e. The molecule has 3 rings (SSSR count). The number of aromatic carboxylic acids is 1. The first-order valence-corrected chi connectivity index (χ1v) is 6.08. The first kappa shape index (κ1) is 14.4. The number of alkyl halides is 3. The second-order valence-electron chi connectivity index (χ2n) is 4.34. The van der Waals surface area contributed by atoms with Crippen molar-refractivity contribution in [3.63, 3.8) is 0 Å². The van der Waals surface area contributed by atoms with Crippen molar-refractivity contribution in [1.29, 1.82) is 0 Å². The maximum atomic E-state index is 13.3. The van der Waals surface area contributed by atoms with Crippen molar-refractivity contribution < 1.29 is 28.2 Å². The number of carbonyl (C=O) groups is 1.